The van der Waals surface area contributed by atoms with E-state index in [1.165, 1.54) is 12.1 Å². The fourth-order valence-corrected chi connectivity index (χ4v) is 2.90. The van der Waals surface area contributed by atoms with Gasteiger partial charge in [-0.25, -0.2) is 4.39 Å². The molecule has 0 unspecified atom stereocenters. The second-order valence-electron chi connectivity index (χ2n) is 6.42. The van der Waals surface area contributed by atoms with Gasteiger partial charge in [-0.3, -0.25) is 9.89 Å². The number of carbonyl (C=O) groups excluding carboxylic acids is 1. The Hall–Kier alpha value is -3.93. The Kier molecular flexibility index (Phi) is 5.33. The van der Waals surface area contributed by atoms with Crippen LogP contribution in [0.2, 0.25) is 0 Å². The fourth-order valence-electron chi connectivity index (χ4n) is 2.90. The first-order valence-corrected chi connectivity index (χ1v) is 9.06. The normalized spacial score (nSPS) is 10.5. The maximum absolute atomic E-state index is 13.0. The highest BCUT2D eigenvalue weighted by atomic mass is 19.1. The lowest BCUT2D eigenvalue weighted by atomic mass is 10.1. The molecule has 0 saturated heterocycles. The van der Waals surface area contributed by atoms with E-state index >= 15 is 0 Å². The molecule has 4 aromatic rings. The quantitative estimate of drug-likeness (QED) is 0.487. The third-order valence-electron chi connectivity index (χ3n) is 4.37. The van der Waals surface area contributed by atoms with Gasteiger partial charge in [-0.2, -0.15) is 5.10 Å². The number of aromatic amines is 1. The molecular formula is C23H18FN3O2. The third kappa shape index (κ3) is 4.50. The number of H-pyrrole nitrogens is 1. The molecule has 29 heavy (non-hydrogen) atoms. The van der Waals surface area contributed by atoms with Gasteiger partial charge in [-0.05, 0) is 48.0 Å². The van der Waals surface area contributed by atoms with Crippen molar-refractivity contribution in [2.45, 2.75) is 6.61 Å². The van der Waals surface area contributed by atoms with Gasteiger partial charge < -0.3 is 10.1 Å². The van der Waals surface area contributed by atoms with Crippen LogP contribution in [0.4, 0.5) is 10.1 Å². The van der Waals surface area contributed by atoms with Crippen LogP contribution in [0.5, 0.6) is 5.75 Å². The summed E-state index contributed by atoms with van der Waals surface area (Å²) >= 11 is 0. The van der Waals surface area contributed by atoms with Gasteiger partial charge in [0.1, 0.15) is 18.2 Å². The second kappa shape index (κ2) is 8.39. The van der Waals surface area contributed by atoms with Crippen LogP contribution in [0.3, 0.4) is 0 Å². The molecule has 0 spiro atoms. The molecule has 0 aliphatic heterocycles. The van der Waals surface area contributed by atoms with Gasteiger partial charge in [0, 0.05) is 17.4 Å². The van der Waals surface area contributed by atoms with E-state index in [1.54, 1.807) is 42.6 Å². The Balaban J connectivity index is 1.49. The van der Waals surface area contributed by atoms with Crippen molar-refractivity contribution in [1.82, 2.24) is 10.2 Å². The van der Waals surface area contributed by atoms with Crippen LogP contribution in [0.15, 0.2) is 85.1 Å². The number of para-hydroxylation sites is 1. The lowest BCUT2D eigenvalue weighted by molar-refractivity contribution is 0.102. The Morgan fingerprint density at radius 2 is 1.83 bits per heavy atom. The SMILES string of the molecule is O=C(Nc1cccc(-c2ccn[nH]2)c1)c1ccccc1OCc1ccc(F)cc1. The number of ether oxygens (including phenoxy) is 1. The largest absolute Gasteiger partial charge is 0.488 e. The van der Waals surface area contributed by atoms with Crippen LogP contribution >= 0.6 is 0 Å². The highest BCUT2D eigenvalue weighted by Crippen LogP contribution is 2.24. The van der Waals surface area contributed by atoms with Crippen molar-refractivity contribution in [3.8, 4) is 17.0 Å². The van der Waals surface area contributed by atoms with Crippen LogP contribution in [-0.4, -0.2) is 16.1 Å². The maximum atomic E-state index is 13.0. The summed E-state index contributed by atoms with van der Waals surface area (Å²) in [6, 6.07) is 22.4. The van der Waals surface area contributed by atoms with E-state index in [4.69, 9.17) is 4.74 Å². The number of halogens is 1. The van der Waals surface area contributed by atoms with E-state index in [0.717, 1.165) is 16.8 Å². The van der Waals surface area contributed by atoms with E-state index in [9.17, 15) is 9.18 Å². The highest BCUT2D eigenvalue weighted by molar-refractivity contribution is 6.06. The van der Waals surface area contributed by atoms with Crippen LogP contribution in [0, 0.1) is 5.82 Å². The van der Waals surface area contributed by atoms with Gasteiger partial charge in [0.25, 0.3) is 5.91 Å². The van der Waals surface area contributed by atoms with Crippen molar-refractivity contribution in [3.05, 3.63) is 102 Å². The summed E-state index contributed by atoms with van der Waals surface area (Å²) in [4.78, 5) is 12.8. The summed E-state index contributed by atoms with van der Waals surface area (Å²) in [6.07, 6.45) is 1.68. The topological polar surface area (TPSA) is 67.0 Å². The minimum Gasteiger partial charge on any atom is -0.488 e. The molecule has 1 amide bonds. The minimum atomic E-state index is -0.300. The molecule has 4 rings (SSSR count). The monoisotopic (exact) mass is 387 g/mol. The Morgan fingerprint density at radius 1 is 1.00 bits per heavy atom. The first-order valence-electron chi connectivity index (χ1n) is 9.06. The molecule has 0 radical (unpaired) electrons. The molecule has 1 aromatic heterocycles. The van der Waals surface area contributed by atoms with Gasteiger partial charge >= 0.3 is 0 Å². The molecule has 0 aliphatic rings. The summed E-state index contributed by atoms with van der Waals surface area (Å²) < 4.78 is 18.9. The first-order chi connectivity index (χ1) is 14.2. The molecule has 0 aliphatic carbocycles. The van der Waals surface area contributed by atoms with Gasteiger partial charge in [0.2, 0.25) is 0 Å². The van der Waals surface area contributed by atoms with Crippen molar-refractivity contribution in [3.63, 3.8) is 0 Å². The van der Waals surface area contributed by atoms with Crippen LogP contribution in [0.25, 0.3) is 11.3 Å². The van der Waals surface area contributed by atoms with E-state index in [1.807, 2.05) is 30.3 Å². The number of anilines is 1. The van der Waals surface area contributed by atoms with Crippen molar-refractivity contribution in [1.29, 1.82) is 0 Å². The molecule has 1 heterocycles. The lowest BCUT2D eigenvalue weighted by Crippen LogP contribution is -2.13. The minimum absolute atomic E-state index is 0.236. The zero-order chi connectivity index (χ0) is 20.1. The van der Waals surface area contributed by atoms with Gasteiger partial charge in [0.05, 0.1) is 11.3 Å². The van der Waals surface area contributed by atoms with E-state index < -0.39 is 0 Å². The third-order valence-corrected chi connectivity index (χ3v) is 4.37. The van der Waals surface area contributed by atoms with Gasteiger partial charge in [0.15, 0.2) is 0 Å². The molecule has 144 valence electrons. The summed E-state index contributed by atoms with van der Waals surface area (Å²) in [6.45, 7) is 0.236. The fraction of sp³-hybridized carbons (Fsp3) is 0.0435. The number of hydrogen-bond acceptors (Lipinski definition) is 3. The number of amides is 1. The average Bonchev–Trinajstić information content (AvgIpc) is 3.29. The molecule has 3 aromatic carbocycles. The predicted molar refractivity (Wildman–Crippen MR) is 109 cm³/mol. The average molecular weight is 387 g/mol. The van der Waals surface area contributed by atoms with E-state index in [0.29, 0.717) is 17.0 Å². The maximum Gasteiger partial charge on any atom is 0.259 e. The number of rotatable bonds is 6. The molecule has 0 saturated carbocycles. The molecule has 6 heteroatoms. The number of nitrogens with zero attached hydrogens (tertiary/aromatic N) is 1. The summed E-state index contributed by atoms with van der Waals surface area (Å²) in [5, 5.41) is 9.76. The molecule has 0 fully saturated rings. The van der Waals surface area contributed by atoms with Crippen molar-refractivity contribution >= 4 is 11.6 Å². The van der Waals surface area contributed by atoms with Crippen LogP contribution in [-0.2, 0) is 6.61 Å². The number of nitrogens with one attached hydrogen (secondary N) is 2. The Bertz CT molecular complexity index is 1110. The van der Waals surface area contributed by atoms with Crippen molar-refractivity contribution in [2.75, 3.05) is 5.32 Å². The van der Waals surface area contributed by atoms with Crippen molar-refractivity contribution < 1.29 is 13.9 Å². The van der Waals surface area contributed by atoms with Crippen LogP contribution in [0.1, 0.15) is 15.9 Å². The Morgan fingerprint density at radius 3 is 2.62 bits per heavy atom. The number of carbonyl (C=O) groups is 1. The standard InChI is InChI=1S/C23H18FN3O2/c24-18-10-8-16(9-11-18)15-29-22-7-2-1-6-20(22)23(28)26-19-5-3-4-17(14-19)21-12-13-25-27-21/h1-14H,15H2,(H,25,27)(H,26,28). The predicted octanol–water partition coefficient (Wildman–Crippen LogP) is 5.05. The molecule has 5 nitrogen and oxygen atoms in total. The Labute approximate surface area is 167 Å². The second-order valence-corrected chi connectivity index (χ2v) is 6.42. The number of aromatic nitrogens is 2. The molecule has 2 N–H and O–H groups in total. The summed E-state index contributed by atoms with van der Waals surface area (Å²) in [7, 11) is 0. The molecular weight excluding hydrogens is 369 g/mol. The summed E-state index contributed by atoms with van der Waals surface area (Å²) in [5.74, 6) is -0.119. The first kappa shape index (κ1) is 18.4. The van der Waals surface area contributed by atoms with Crippen molar-refractivity contribution in [2.24, 2.45) is 0 Å². The van der Waals surface area contributed by atoms with E-state index in [2.05, 4.69) is 15.5 Å². The number of benzene rings is 3. The molecule has 0 atom stereocenters. The highest BCUT2D eigenvalue weighted by Gasteiger charge is 2.13. The smallest absolute Gasteiger partial charge is 0.259 e. The van der Waals surface area contributed by atoms with Gasteiger partial charge in [-0.15, -0.1) is 0 Å². The lowest BCUT2D eigenvalue weighted by Gasteiger charge is -2.12. The van der Waals surface area contributed by atoms with Gasteiger partial charge in [-0.1, -0.05) is 36.4 Å². The van der Waals surface area contributed by atoms with E-state index in [-0.39, 0.29) is 18.3 Å². The molecule has 0 bridgehead atoms. The van der Waals surface area contributed by atoms with Crippen LogP contribution < -0.4 is 10.1 Å². The summed E-state index contributed by atoms with van der Waals surface area (Å²) in [5.41, 5.74) is 3.68. The number of hydrogen-bond donors (Lipinski definition) is 2. The zero-order valence-corrected chi connectivity index (χ0v) is 15.4. The zero-order valence-electron chi connectivity index (χ0n) is 15.4.